The van der Waals surface area contributed by atoms with E-state index in [4.69, 9.17) is 5.73 Å². The number of hydrogen-bond donors (Lipinski definition) is 1. The number of rotatable bonds is 3. The molecule has 1 fully saturated rings. The molecule has 18 heavy (non-hydrogen) atoms. The van der Waals surface area contributed by atoms with E-state index in [2.05, 4.69) is 46.1 Å². The van der Waals surface area contributed by atoms with Crippen LogP contribution in [-0.4, -0.2) is 23.5 Å². The van der Waals surface area contributed by atoms with E-state index in [1.54, 1.807) is 0 Å². The van der Waals surface area contributed by atoms with Gasteiger partial charge >= 0.3 is 0 Å². The monoisotopic (exact) mass is 330 g/mol. The van der Waals surface area contributed by atoms with Crippen molar-refractivity contribution in [2.45, 2.75) is 57.7 Å². The van der Waals surface area contributed by atoms with Crippen molar-refractivity contribution in [1.29, 1.82) is 0 Å². The van der Waals surface area contributed by atoms with Crippen molar-refractivity contribution in [3.8, 4) is 0 Å². The molecule has 3 atom stereocenters. The smallest absolute Gasteiger partial charge is 0.0593 e. The fourth-order valence-electron chi connectivity index (χ4n) is 2.92. The second-order valence-corrected chi connectivity index (χ2v) is 7.27. The molecule has 4 heteroatoms. The summed E-state index contributed by atoms with van der Waals surface area (Å²) in [6, 6.07) is 3.42. The van der Waals surface area contributed by atoms with Gasteiger partial charge in [-0.1, -0.05) is 12.8 Å². The van der Waals surface area contributed by atoms with Crippen LogP contribution in [0.25, 0.3) is 0 Å². The minimum atomic E-state index is 0.177. The maximum Gasteiger partial charge on any atom is 0.0593 e. The van der Waals surface area contributed by atoms with Crippen molar-refractivity contribution in [3.05, 3.63) is 20.8 Å². The van der Waals surface area contributed by atoms with Gasteiger partial charge in [-0.25, -0.2) is 0 Å². The zero-order chi connectivity index (χ0) is 13.1. The topological polar surface area (TPSA) is 29.3 Å². The molecule has 0 bridgehead atoms. The van der Waals surface area contributed by atoms with Crippen LogP contribution in [0.1, 0.15) is 50.4 Å². The lowest BCUT2D eigenvalue weighted by Gasteiger charge is -2.37. The number of hydrogen-bond acceptors (Lipinski definition) is 3. The number of thiophene rings is 1. The summed E-state index contributed by atoms with van der Waals surface area (Å²) < 4.78 is 1.18. The minimum absolute atomic E-state index is 0.177. The summed E-state index contributed by atoms with van der Waals surface area (Å²) in [5, 5.41) is 2.16. The van der Waals surface area contributed by atoms with Crippen LogP contribution in [0.15, 0.2) is 15.9 Å². The quantitative estimate of drug-likeness (QED) is 0.901. The van der Waals surface area contributed by atoms with E-state index in [0.29, 0.717) is 12.1 Å². The zero-order valence-corrected chi connectivity index (χ0v) is 13.6. The maximum atomic E-state index is 6.27. The highest BCUT2D eigenvalue weighted by Crippen LogP contribution is 2.34. The van der Waals surface area contributed by atoms with Crippen molar-refractivity contribution >= 4 is 27.3 Å². The summed E-state index contributed by atoms with van der Waals surface area (Å²) in [7, 11) is 0. The molecule has 1 aliphatic rings. The van der Waals surface area contributed by atoms with Gasteiger partial charge in [-0.15, -0.1) is 11.3 Å². The summed E-state index contributed by atoms with van der Waals surface area (Å²) in [4.78, 5) is 4.02. The molecule has 1 aliphatic heterocycles. The second-order valence-electron chi connectivity index (χ2n) is 5.41. The summed E-state index contributed by atoms with van der Waals surface area (Å²) in [6.45, 7) is 5.67. The summed E-state index contributed by atoms with van der Waals surface area (Å²) in [6.07, 6.45) is 5.33. The molecule has 2 rings (SSSR count). The van der Waals surface area contributed by atoms with Crippen LogP contribution >= 0.6 is 27.3 Å². The van der Waals surface area contributed by atoms with E-state index >= 15 is 0 Å². The van der Waals surface area contributed by atoms with Crippen molar-refractivity contribution in [1.82, 2.24) is 4.90 Å². The Morgan fingerprint density at radius 2 is 2.22 bits per heavy atom. The third-order valence-corrected chi connectivity index (χ3v) is 5.60. The highest BCUT2D eigenvalue weighted by molar-refractivity contribution is 9.10. The molecule has 0 aromatic carbocycles. The Morgan fingerprint density at radius 1 is 1.44 bits per heavy atom. The first-order valence-electron chi connectivity index (χ1n) is 6.85. The fraction of sp³-hybridized carbons (Fsp3) is 0.714. The van der Waals surface area contributed by atoms with Crippen LogP contribution in [-0.2, 0) is 0 Å². The van der Waals surface area contributed by atoms with E-state index in [-0.39, 0.29) is 6.04 Å². The molecule has 1 aromatic heterocycles. The third kappa shape index (κ3) is 3.35. The molecule has 0 aliphatic carbocycles. The van der Waals surface area contributed by atoms with Gasteiger partial charge in [0.1, 0.15) is 0 Å². The van der Waals surface area contributed by atoms with Gasteiger partial charge in [-0.2, -0.15) is 0 Å². The van der Waals surface area contributed by atoms with Crippen molar-refractivity contribution in [2.75, 3.05) is 6.54 Å². The SMILES string of the molecule is CC(N)C(c1cc(Br)cs1)N1CCCCCC1C. The van der Waals surface area contributed by atoms with Gasteiger partial charge in [0.15, 0.2) is 0 Å². The molecule has 0 saturated carbocycles. The molecule has 0 radical (unpaired) electrons. The van der Waals surface area contributed by atoms with Gasteiger partial charge in [0.25, 0.3) is 0 Å². The Balaban J connectivity index is 2.23. The molecule has 2 nitrogen and oxygen atoms in total. The molecule has 1 saturated heterocycles. The molecule has 0 amide bonds. The molecule has 102 valence electrons. The van der Waals surface area contributed by atoms with Gasteiger partial charge in [-0.3, -0.25) is 4.90 Å². The Bertz CT molecular complexity index is 378. The number of likely N-dealkylation sites (tertiary alicyclic amines) is 1. The zero-order valence-electron chi connectivity index (χ0n) is 11.2. The number of nitrogens with two attached hydrogens (primary N) is 1. The lowest BCUT2D eigenvalue weighted by atomic mass is 10.0. The predicted molar refractivity (Wildman–Crippen MR) is 83.0 cm³/mol. The van der Waals surface area contributed by atoms with Crippen LogP contribution in [0.4, 0.5) is 0 Å². The first kappa shape index (κ1) is 14.5. The average Bonchev–Trinajstić information content (AvgIpc) is 2.61. The van der Waals surface area contributed by atoms with Gasteiger partial charge in [0.2, 0.25) is 0 Å². The molecule has 2 N–H and O–H groups in total. The van der Waals surface area contributed by atoms with E-state index < -0.39 is 0 Å². The second kappa shape index (κ2) is 6.51. The summed E-state index contributed by atoms with van der Waals surface area (Å²) in [5.41, 5.74) is 6.27. The van der Waals surface area contributed by atoms with E-state index in [9.17, 15) is 0 Å². The highest BCUT2D eigenvalue weighted by Gasteiger charge is 2.29. The molecule has 2 heterocycles. The van der Waals surface area contributed by atoms with Crippen LogP contribution in [0.2, 0.25) is 0 Å². The van der Waals surface area contributed by atoms with Gasteiger partial charge in [-0.05, 0) is 55.2 Å². The Hall–Kier alpha value is 0.1000. The van der Waals surface area contributed by atoms with Crippen LogP contribution in [0, 0.1) is 0 Å². The van der Waals surface area contributed by atoms with Crippen LogP contribution in [0.3, 0.4) is 0 Å². The Kier molecular flexibility index (Phi) is 5.24. The Morgan fingerprint density at radius 3 is 2.83 bits per heavy atom. The molecule has 1 aromatic rings. The average molecular weight is 331 g/mol. The van der Waals surface area contributed by atoms with Gasteiger partial charge < -0.3 is 5.73 Å². The largest absolute Gasteiger partial charge is 0.326 e. The lowest BCUT2D eigenvalue weighted by Crippen LogP contribution is -2.43. The number of nitrogens with zero attached hydrogens (tertiary/aromatic N) is 1. The minimum Gasteiger partial charge on any atom is -0.326 e. The first-order chi connectivity index (χ1) is 8.59. The molecule has 0 spiro atoms. The fourth-order valence-corrected chi connectivity index (χ4v) is 4.60. The van der Waals surface area contributed by atoms with Crippen molar-refractivity contribution in [2.24, 2.45) is 5.73 Å². The van der Waals surface area contributed by atoms with Gasteiger partial charge in [0.05, 0.1) is 6.04 Å². The molecular weight excluding hydrogens is 308 g/mol. The van der Waals surface area contributed by atoms with E-state index in [1.807, 2.05) is 11.3 Å². The van der Waals surface area contributed by atoms with Crippen LogP contribution in [0.5, 0.6) is 0 Å². The maximum absolute atomic E-state index is 6.27. The normalized spacial score (nSPS) is 25.7. The molecular formula is C14H23BrN2S. The lowest BCUT2D eigenvalue weighted by molar-refractivity contribution is 0.132. The molecule has 3 unspecified atom stereocenters. The standard InChI is InChI=1S/C14H23BrN2S/c1-10-6-4-3-5-7-17(10)14(11(2)16)13-8-12(15)9-18-13/h8-11,14H,3-7,16H2,1-2H3. The first-order valence-corrected chi connectivity index (χ1v) is 8.52. The van der Waals surface area contributed by atoms with E-state index in [1.165, 1.54) is 41.6 Å². The van der Waals surface area contributed by atoms with Crippen LogP contribution < -0.4 is 5.73 Å². The summed E-state index contributed by atoms with van der Waals surface area (Å²) >= 11 is 5.38. The van der Waals surface area contributed by atoms with Gasteiger partial charge in [0, 0.05) is 26.8 Å². The van der Waals surface area contributed by atoms with Crippen molar-refractivity contribution < 1.29 is 0 Å². The predicted octanol–water partition coefficient (Wildman–Crippen LogP) is 4.16. The number of halogens is 1. The third-order valence-electron chi connectivity index (χ3n) is 3.84. The Labute approximate surface area is 123 Å². The van der Waals surface area contributed by atoms with Crippen molar-refractivity contribution in [3.63, 3.8) is 0 Å². The highest BCUT2D eigenvalue weighted by atomic mass is 79.9. The van der Waals surface area contributed by atoms with E-state index in [0.717, 1.165) is 0 Å². The summed E-state index contributed by atoms with van der Waals surface area (Å²) in [5.74, 6) is 0.